The number of nitrogens with zero attached hydrogens (tertiary/aromatic N) is 3. The average Bonchev–Trinajstić information content (AvgIpc) is 2.43. The van der Waals surface area contributed by atoms with Crippen LogP contribution < -0.4 is 11.1 Å². The quantitative estimate of drug-likeness (QED) is 0.803. The lowest BCUT2D eigenvalue weighted by atomic mass is 10.1. The van der Waals surface area contributed by atoms with Gasteiger partial charge in [-0.25, -0.2) is 9.97 Å². The fourth-order valence-electron chi connectivity index (χ4n) is 2.51. The van der Waals surface area contributed by atoms with Gasteiger partial charge in [-0.3, -0.25) is 4.79 Å². The molecule has 1 saturated heterocycles. The van der Waals surface area contributed by atoms with E-state index < -0.39 is 0 Å². The SMILES string of the molecule is CN1CC(Nc2ncnc3cc(N)ccc23)CCC1=O. The van der Waals surface area contributed by atoms with Gasteiger partial charge in [0.1, 0.15) is 12.1 Å². The Kier molecular flexibility index (Phi) is 3.14. The molecule has 1 aromatic carbocycles. The first-order chi connectivity index (χ1) is 9.63. The minimum Gasteiger partial charge on any atom is -0.399 e. The number of nitrogens with one attached hydrogen (secondary N) is 1. The molecule has 3 rings (SSSR count). The van der Waals surface area contributed by atoms with Gasteiger partial charge in [0.05, 0.1) is 5.52 Å². The van der Waals surface area contributed by atoms with Gasteiger partial charge in [-0.05, 0) is 24.6 Å². The van der Waals surface area contributed by atoms with E-state index in [-0.39, 0.29) is 11.9 Å². The number of nitrogen functional groups attached to an aromatic ring is 1. The van der Waals surface area contributed by atoms with Gasteiger partial charge < -0.3 is 16.0 Å². The second-order valence-corrected chi connectivity index (χ2v) is 5.15. The molecular weight excluding hydrogens is 254 g/mol. The number of amides is 1. The topological polar surface area (TPSA) is 84.1 Å². The van der Waals surface area contributed by atoms with E-state index >= 15 is 0 Å². The first-order valence-electron chi connectivity index (χ1n) is 6.64. The van der Waals surface area contributed by atoms with Crippen molar-refractivity contribution in [2.75, 3.05) is 24.6 Å². The summed E-state index contributed by atoms with van der Waals surface area (Å²) >= 11 is 0. The number of anilines is 2. The molecule has 0 radical (unpaired) electrons. The summed E-state index contributed by atoms with van der Waals surface area (Å²) in [5.41, 5.74) is 7.27. The summed E-state index contributed by atoms with van der Waals surface area (Å²) in [5.74, 6) is 0.992. The van der Waals surface area contributed by atoms with Crippen molar-refractivity contribution in [3.05, 3.63) is 24.5 Å². The van der Waals surface area contributed by atoms with E-state index in [9.17, 15) is 4.79 Å². The third-order valence-corrected chi connectivity index (χ3v) is 3.63. The third kappa shape index (κ3) is 2.36. The van der Waals surface area contributed by atoms with Crippen molar-refractivity contribution in [1.82, 2.24) is 14.9 Å². The van der Waals surface area contributed by atoms with E-state index in [0.717, 1.165) is 23.1 Å². The Bertz CT molecular complexity index is 657. The van der Waals surface area contributed by atoms with Crippen LogP contribution in [-0.4, -0.2) is 40.4 Å². The fraction of sp³-hybridized carbons (Fsp3) is 0.357. The molecule has 2 aromatic rings. The number of fused-ring (bicyclic) bond motifs is 1. The summed E-state index contributed by atoms with van der Waals surface area (Å²) in [6.45, 7) is 0.694. The van der Waals surface area contributed by atoms with Crippen molar-refractivity contribution in [1.29, 1.82) is 0 Å². The molecule has 104 valence electrons. The summed E-state index contributed by atoms with van der Waals surface area (Å²) in [6, 6.07) is 5.81. The lowest BCUT2D eigenvalue weighted by molar-refractivity contribution is -0.132. The molecule has 1 fully saturated rings. The van der Waals surface area contributed by atoms with Gasteiger partial charge in [-0.15, -0.1) is 0 Å². The predicted molar refractivity (Wildman–Crippen MR) is 78.2 cm³/mol. The van der Waals surface area contributed by atoms with Crippen LogP contribution in [0.15, 0.2) is 24.5 Å². The molecule has 0 aliphatic carbocycles. The van der Waals surface area contributed by atoms with Crippen LogP contribution in [0.5, 0.6) is 0 Å². The molecule has 1 unspecified atom stereocenters. The molecule has 0 spiro atoms. The Morgan fingerprint density at radius 3 is 3.05 bits per heavy atom. The number of carbonyl (C=O) groups excluding carboxylic acids is 1. The molecule has 1 amide bonds. The molecule has 2 heterocycles. The van der Waals surface area contributed by atoms with Crippen molar-refractivity contribution in [3.63, 3.8) is 0 Å². The first-order valence-corrected chi connectivity index (χ1v) is 6.64. The first kappa shape index (κ1) is 12.7. The van der Waals surface area contributed by atoms with Crippen LogP contribution in [0.3, 0.4) is 0 Å². The zero-order valence-corrected chi connectivity index (χ0v) is 11.3. The summed E-state index contributed by atoms with van der Waals surface area (Å²) in [6.07, 6.45) is 2.93. The number of piperidine rings is 1. The highest BCUT2D eigenvalue weighted by Gasteiger charge is 2.23. The zero-order chi connectivity index (χ0) is 14.1. The van der Waals surface area contributed by atoms with Gasteiger partial charge in [0.15, 0.2) is 0 Å². The van der Waals surface area contributed by atoms with Crippen LogP contribution in [0.4, 0.5) is 11.5 Å². The van der Waals surface area contributed by atoms with Crippen molar-refractivity contribution in [2.24, 2.45) is 0 Å². The number of benzene rings is 1. The molecular formula is C14H17N5O. The number of carbonyl (C=O) groups is 1. The van der Waals surface area contributed by atoms with Crippen LogP contribution in [0.1, 0.15) is 12.8 Å². The van der Waals surface area contributed by atoms with Crippen LogP contribution in [0.25, 0.3) is 10.9 Å². The molecule has 3 N–H and O–H groups in total. The highest BCUT2D eigenvalue weighted by molar-refractivity contribution is 5.90. The van der Waals surface area contributed by atoms with E-state index in [1.807, 2.05) is 25.2 Å². The second-order valence-electron chi connectivity index (χ2n) is 5.15. The number of nitrogens with two attached hydrogens (primary N) is 1. The zero-order valence-electron chi connectivity index (χ0n) is 11.3. The van der Waals surface area contributed by atoms with Gasteiger partial charge in [0.2, 0.25) is 5.91 Å². The second kappa shape index (κ2) is 4.96. The molecule has 1 atom stereocenters. The molecule has 20 heavy (non-hydrogen) atoms. The Hall–Kier alpha value is -2.37. The van der Waals surface area contributed by atoms with E-state index in [1.54, 1.807) is 4.90 Å². The maximum absolute atomic E-state index is 11.5. The lowest BCUT2D eigenvalue weighted by Gasteiger charge is -2.30. The summed E-state index contributed by atoms with van der Waals surface area (Å²) in [5, 5.41) is 4.35. The van der Waals surface area contributed by atoms with Crippen LogP contribution in [0.2, 0.25) is 0 Å². The third-order valence-electron chi connectivity index (χ3n) is 3.63. The lowest BCUT2D eigenvalue weighted by Crippen LogP contribution is -2.43. The van der Waals surface area contributed by atoms with Gasteiger partial charge in [0.25, 0.3) is 0 Å². The molecule has 0 bridgehead atoms. The number of hydrogen-bond acceptors (Lipinski definition) is 5. The summed E-state index contributed by atoms with van der Waals surface area (Å²) in [7, 11) is 1.83. The number of likely N-dealkylation sites (tertiary alicyclic amines) is 1. The molecule has 6 nitrogen and oxygen atoms in total. The monoisotopic (exact) mass is 271 g/mol. The van der Waals surface area contributed by atoms with Crippen molar-refractivity contribution < 1.29 is 4.79 Å². The normalized spacial score (nSPS) is 19.4. The Morgan fingerprint density at radius 2 is 2.25 bits per heavy atom. The van der Waals surface area contributed by atoms with E-state index in [1.165, 1.54) is 6.33 Å². The predicted octanol–water partition coefficient (Wildman–Crippen LogP) is 1.24. The van der Waals surface area contributed by atoms with Gasteiger partial charge >= 0.3 is 0 Å². The molecule has 1 aliphatic heterocycles. The standard InChI is InChI=1S/C14H17N5O/c1-19-7-10(3-5-13(19)20)18-14-11-4-2-9(15)6-12(11)16-8-17-14/h2,4,6,8,10H,3,5,7,15H2,1H3,(H,16,17,18). The van der Waals surface area contributed by atoms with E-state index in [0.29, 0.717) is 18.7 Å². The van der Waals surface area contributed by atoms with Crippen LogP contribution >= 0.6 is 0 Å². The summed E-state index contributed by atoms with van der Waals surface area (Å²) < 4.78 is 0. The van der Waals surface area contributed by atoms with Gasteiger partial charge in [-0.2, -0.15) is 0 Å². The van der Waals surface area contributed by atoms with Crippen molar-refractivity contribution in [2.45, 2.75) is 18.9 Å². The Morgan fingerprint density at radius 1 is 1.40 bits per heavy atom. The van der Waals surface area contributed by atoms with E-state index in [4.69, 9.17) is 5.73 Å². The van der Waals surface area contributed by atoms with Crippen molar-refractivity contribution >= 4 is 28.3 Å². The highest BCUT2D eigenvalue weighted by atomic mass is 16.2. The number of rotatable bonds is 2. The minimum absolute atomic E-state index is 0.198. The van der Waals surface area contributed by atoms with Gasteiger partial charge in [0, 0.05) is 37.1 Å². The van der Waals surface area contributed by atoms with Gasteiger partial charge in [-0.1, -0.05) is 0 Å². The van der Waals surface area contributed by atoms with Crippen LogP contribution in [-0.2, 0) is 4.79 Å². The Balaban J connectivity index is 1.86. The molecule has 6 heteroatoms. The number of hydrogen-bond donors (Lipinski definition) is 2. The minimum atomic E-state index is 0.198. The number of likely N-dealkylation sites (N-methyl/N-ethyl adjacent to an activating group) is 1. The largest absolute Gasteiger partial charge is 0.399 e. The maximum atomic E-state index is 11.5. The smallest absolute Gasteiger partial charge is 0.222 e. The highest BCUT2D eigenvalue weighted by Crippen LogP contribution is 2.23. The van der Waals surface area contributed by atoms with Crippen LogP contribution in [0, 0.1) is 0 Å². The Labute approximate surface area is 117 Å². The average molecular weight is 271 g/mol. The maximum Gasteiger partial charge on any atom is 0.222 e. The molecule has 0 saturated carbocycles. The summed E-state index contributed by atoms with van der Waals surface area (Å²) in [4.78, 5) is 21.8. The number of aromatic nitrogens is 2. The van der Waals surface area contributed by atoms with E-state index in [2.05, 4.69) is 15.3 Å². The fourth-order valence-corrected chi connectivity index (χ4v) is 2.51. The molecule has 1 aliphatic rings. The van der Waals surface area contributed by atoms with Crippen molar-refractivity contribution in [3.8, 4) is 0 Å². The molecule has 1 aromatic heterocycles.